The molecular weight excluding hydrogens is 291 g/mol. The zero-order chi connectivity index (χ0) is 15.2. The average molecular weight is 306 g/mol. The predicted octanol–water partition coefficient (Wildman–Crippen LogP) is 2.24. The van der Waals surface area contributed by atoms with Gasteiger partial charge in [0.25, 0.3) is 5.91 Å². The second-order valence-corrected chi connectivity index (χ2v) is 5.34. The van der Waals surface area contributed by atoms with Crippen LogP contribution in [0.4, 0.5) is 4.39 Å². The lowest BCUT2D eigenvalue weighted by atomic mass is 10.1. The van der Waals surface area contributed by atoms with Crippen molar-refractivity contribution in [2.45, 2.75) is 13.5 Å². The number of halogens is 1. The molecule has 0 spiro atoms. The van der Waals surface area contributed by atoms with E-state index in [1.165, 1.54) is 17.4 Å². The molecule has 0 aliphatic carbocycles. The first-order valence-electron chi connectivity index (χ1n) is 6.38. The van der Waals surface area contributed by atoms with E-state index >= 15 is 0 Å². The van der Waals surface area contributed by atoms with Gasteiger partial charge in [0.05, 0.1) is 6.54 Å². The monoisotopic (exact) mass is 306 g/mol. The van der Waals surface area contributed by atoms with Gasteiger partial charge >= 0.3 is 0 Å². The molecule has 1 heterocycles. The Balaban J connectivity index is 1.77. The minimum Gasteiger partial charge on any atom is -0.350 e. The van der Waals surface area contributed by atoms with E-state index < -0.39 is 0 Å². The summed E-state index contributed by atoms with van der Waals surface area (Å²) < 4.78 is 13.3. The number of thiophene rings is 1. The molecule has 1 aromatic heterocycles. The van der Waals surface area contributed by atoms with E-state index in [0.717, 1.165) is 0 Å². The lowest BCUT2D eigenvalue weighted by Gasteiger charge is -2.07. The molecule has 0 aliphatic rings. The maximum atomic E-state index is 13.3. The van der Waals surface area contributed by atoms with Gasteiger partial charge in [0.15, 0.2) is 0 Å². The standard InChI is InChI=1S/C15H15FN2O2S/c1-10-2-3-11(6-13(10)16)7-17-14(19)8-18-15(20)12-4-5-21-9-12/h2-6,9H,7-8H2,1H3,(H,17,19)(H,18,20). The van der Waals surface area contributed by atoms with Gasteiger partial charge in [-0.15, -0.1) is 0 Å². The van der Waals surface area contributed by atoms with Gasteiger partial charge < -0.3 is 10.6 Å². The lowest BCUT2D eigenvalue weighted by Crippen LogP contribution is -2.36. The summed E-state index contributed by atoms with van der Waals surface area (Å²) in [6, 6.07) is 6.49. The Morgan fingerprint density at radius 3 is 2.71 bits per heavy atom. The molecule has 0 aliphatic heterocycles. The van der Waals surface area contributed by atoms with Crippen LogP contribution >= 0.6 is 11.3 Å². The Morgan fingerprint density at radius 2 is 2.05 bits per heavy atom. The number of nitrogens with one attached hydrogen (secondary N) is 2. The van der Waals surface area contributed by atoms with Gasteiger partial charge in [-0.3, -0.25) is 9.59 Å². The third kappa shape index (κ3) is 4.39. The van der Waals surface area contributed by atoms with E-state index in [4.69, 9.17) is 0 Å². The first kappa shape index (κ1) is 15.2. The highest BCUT2D eigenvalue weighted by Crippen LogP contribution is 2.08. The van der Waals surface area contributed by atoms with Crippen LogP contribution in [-0.2, 0) is 11.3 Å². The van der Waals surface area contributed by atoms with Crippen molar-refractivity contribution < 1.29 is 14.0 Å². The highest BCUT2D eigenvalue weighted by molar-refractivity contribution is 7.08. The van der Waals surface area contributed by atoms with Crippen molar-refractivity contribution >= 4 is 23.2 Å². The quantitative estimate of drug-likeness (QED) is 0.890. The van der Waals surface area contributed by atoms with Gasteiger partial charge in [0.1, 0.15) is 5.82 Å². The zero-order valence-electron chi connectivity index (χ0n) is 11.5. The molecule has 0 unspecified atom stereocenters. The molecule has 0 saturated heterocycles. The molecule has 0 fully saturated rings. The zero-order valence-corrected chi connectivity index (χ0v) is 12.3. The summed E-state index contributed by atoms with van der Waals surface area (Å²) in [5.74, 6) is -0.903. The van der Waals surface area contributed by atoms with Gasteiger partial charge in [-0.25, -0.2) is 4.39 Å². The first-order valence-corrected chi connectivity index (χ1v) is 7.32. The summed E-state index contributed by atoms with van der Waals surface area (Å²) in [5, 5.41) is 8.65. The molecule has 0 radical (unpaired) electrons. The summed E-state index contributed by atoms with van der Waals surface area (Å²) in [7, 11) is 0. The van der Waals surface area contributed by atoms with Gasteiger partial charge in [-0.05, 0) is 35.6 Å². The summed E-state index contributed by atoms with van der Waals surface area (Å²) in [6.07, 6.45) is 0. The first-order chi connectivity index (χ1) is 10.1. The van der Waals surface area contributed by atoms with Gasteiger partial charge in [-0.2, -0.15) is 11.3 Å². The fourth-order valence-electron chi connectivity index (χ4n) is 1.67. The number of benzene rings is 1. The van der Waals surface area contributed by atoms with Crippen molar-refractivity contribution in [2.75, 3.05) is 6.54 Å². The number of rotatable bonds is 5. The maximum absolute atomic E-state index is 13.3. The smallest absolute Gasteiger partial charge is 0.252 e. The third-order valence-corrected chi connectivity index (χ3v) is 3.60. The molecule has 2 rings (SSSR count). The second-order valence-electron chi connectivity index (χ2n) is 4.55. The van der Waals surface area contributed by atoms with Crippen LogP contribution in [-0.4, -0.2) is 18.4 Å². The van der Waals surface area contributed by atoms with Crippen LogP contribution in [0.25, 0.3) is 0 Å². The molecule has 110 valence electrons. The highest BCUT2D eigenvalue weighted by atomic mass is 32.1. The second kappa shape index (κ2) is 6.99. The Morgan fingerprint density at radius 1 is 1.24 bits per heavy atom. The number of carbonyl (C=O) groups is 2. The van der Waals surface area contributed by atoms with Gasteiger partial charge in [0.2, 0.25) is 5.91 Å². The van der Waals surface area contributed by atoms with Crippen molar-refractivity contribution in [1.82, 2.24) is 10.6 Å². The SMILES string of the molecule is Cc1ccc(CNC(=O)CNC(=O)c2ccsc2)cc1F. The topological polar surface area (TPSA) is 58.2 Å². The molecule has 2 aromatic rings. The molecule has 2 amide bonds. The van der Waals surface area contributed by atoms with E-state index in [9.17, 15) is 14.0 Å². The Bertz CT molecular complexity index is 641. The van der Waals surface area contributed by atoms with Crippen LogP contribution in [0.1, 0.15) is 21.5 Å². The van der Waals surface area contributed by atoms with E-state index in [2.05, 4.69) is 10.6 Å². The number of hydrogen-bond acceptors (Lipinski definition) is 3. The predicted molar refractivity (Wildman–Crippen MR) is 79.6 cm³/mol. The third-order valence-electron chi connectivity index (χ3n) is 2.92. The molecule has 0 atom stereocenters. The van der Waals surface area contributed by atoms with Gasteiger partial charge in [0, 0.05) is 17.5 Å². The Kier molecular flexibility index (Phi) is 5.05. The lowest BCUT2D eigenvalue weighted by molar-refractivity contribution is -0.120. The Labute approximate surface area is 126 Å². The van der Waals surface area contributed by atoms with Crippen molar-refractivity contribution in [1.29, 1.82) is 0 Å². The molecule has 4 nitrogen and oxygen atoms in total. The van der Waals surface area contributed by atoms with Crippen LogP contribution in [0.15, 0.2) is 35.0 Å². The van der Waals surface area contributed by atoms with Crippen molar-refractivity contribution in [2.24, 2.45) is 0 Å². The van der Waals surface area contributed by atoms with Crippen molar-refractivity contribution in [3.05, 3.63) is 57.5 Å². The van der Waals surface area contributed by atoms with E-state index in [-0.39, 0.29) is 30.7 Å². The van der Waals surface area contributed by atoms with E-state index in [1.807, 2.05) is 0 Å². The van der Waals surface area contributed by atoms with Crippen LogP contribution in [0, 0.1) is 12.7 Å². The molecule has 1 aromatic carbocycles. The highest BCUT2D eigenvalue weighted by Gasteiger charge is 2.08. The number of aryl methyl sites for hydroxylation is 1. The minimum absolute atomic E-state index is 0.108. The molecule has 2 N–H and O–H groups in total. The minimum atomic E-state index is -0.320. The average Bonchev–Trinajstić information content (AvgIpc) is 3.00. The molecule has 0 bridgehead atoms. The van der Waals surface area contributed by atoms with Crippen LogP contribution in [0.5, 0.6) is 0 Å². The van der Waals surface area contributed by atoms with Crippen LogP contribution in [0.2, 0.25) is 0 Å². The van der Waals surface area contributed by atoms with Crippen molar-refractivity contribution in [3.63, 3.8) is 0 Å². The summed E-state index contributed by atoms with van der Waals surface area (Å²) in [4.78, 5) is 23.3. The fraction of sp³-hybridized carbons (Fsp3) is 0.200. The fourth-order valence-corrected chi connectivity index (χ4v) is 2.30. The summed E-state index contributed by atoms with van der Waals surface area (Å²) >= 11 is 1.42. The normalized spacial score (nSPS) is 10.2. The maximum Gasteiger partial charge on any atom is 0.252 e. The summed E-state index contributed by atoms with van der Waals surface area (Å²) in [6.45, 7) is 1.80. The molecular formula is C15H15FN2O2S. The van der Waals surface area contributed by atoms with Gasteiger partial charge in [-0.1, -0.05) is 12.1 Å². The molecule has 6 heteroatoms. The molecule has 21 heavy (non-hydrogen) atoms. The largest absolute Gasteiger partial charge is 0.350 e. The number of hydrogen-bond donors (Lipinski definition) is 2. The Hall–Kier alpha value is -2.21. The number of amides is 2. The number of carbonyl (C=O) groups excluding carboxylic acids is 2. The van der Waals surface area contributed by atoms with Crippen molar-refractivity contribution in [3.8, 4) is 0 Å². The van der Waals surface area contributed by atoms with Crippen LogP contribution < -0.4 is 10.6 Å². The van der Waals surface area contributed by atoms with E-state index in [0.29, 0.717) is 16.7 Å². The molecule has 0 saturated carbocycles. The van der Waals surface area contributed by atoms with Crippen LogP contribution in [0.3, 0.4) is 0 Å². The summed E-state index contributed by atoms with van der Waals surface area (Å²) in [5.41, 5.74) is 1.78. The van der Waals surface area contributed by atoms with E-state index in [1.54, 1.807) is 35.9 Å².